The number of ether oxygens (including phenoxy) is 2. The van der Waals surface area contributed by atoms with Crippen molar-refractivity contribution in [3.63, 3.8) is 0 Å². The van der Waals surface area contributed by atoms with E-state index in [1.165, 1.54) is 0 Å². The maximum atomic E-state index is 13.9. The highest BCUT2D eigenvalue weighted by Gasteiger charge is 2.28. The van der Waals surface area contributed by atoms with Crippen LogP contribution in [0, 0.1) is 17.6 Å². The average Bonchev–Trinajstić information content (AvgIpc) is 2.70. The molecule has 27 heavy (non-hydrogen) atoms. The molecule has 0 radical (unpaired) electrons. The van der Waals surface area contributed by atoms with Crippen LogP contribution in [-0.4, -0.2) is 44.0 Å². The monoisotopic (exact) mass is 375 g/mol. The molecule has 3 rings (SSSR count). The average molecular weight is 375 g/mol. The molecule has 0 aromatic heterocycles. The number of hydrogen-bond acceptors (Lipinski definition) is 4. The van der Waals surface area contributed by atoms with Gasteiger partial charge in [-0.05, 0) is 49.7 Å². The van der Waals surface area contributed by atoms with Gasteiger partial charge < -0.3 is 9.47 Å². The van der Waals surface area contributed by atoms with E-state index in [-0.39, 0.29) is 17.3 Å². The number of Topliss-reactive ketones (excluding diaryl/α,β-unsaturated/α-hetero) is 1. The molecule has 1 saturated heterocycles. The van der Waals surface area contributed by atoms with E-state index in [9.17, 15) is 13.6 Å². The molecular formula is C21H23F2NO3. The number of para-hydroxylation sites is 2. The van der Waals surface area contributed by atoms with Gasteiger partial charge in [-0.2, -0.15) is 0 Å². The van der Waals surface area contributed by atoms with Gasteiger partial charge in [-0.25, -0.2) is 8.78 Å². The van der Waals surface area contributed by atoms with Crippen LogP contribution < -0.4 is 9.47 Å². The number of methoxy groups -OCH3 is 1. The van der Waals surface area contributed by atoms with E-state index in [0.717, 1.165) is 31.2 Å². The molecule has 0 saturated carbocycles. The van der Waals surface area contributed by atoms with Crippen LogP contribution >= 0.6 is 0 Å². The molecule has 6 heteroatoms. The first-order valence-corrected chi connectivity index (χ1v) is 9.06. The lowest BCUT2D eigenvalue weighted by Gasteiger charge is -2.32. The third-order valence-corrected chi connectivity index (χ3v) is 4.80. The van der Waals surface area contributed by atoms with Gasteiger partial charge in [0.05, 0.1) is 12.7 Å². The Labute approximate surface area is 157 Å². The Morgan fingerprint density at radius 3 is 2.74 bits per heavy atom. The molecule has 1 atom stereocenters. The maximum absolute atomic E-state index is 13.9. The minimum absolute atomic E-state index is 0.160. The first-order chi connectivity index (χ1) is 13.1. The minimum Gasteiger partial charge on any atom is -0.493 e. The van der Waals surface area contributed by atoms with Crippen molar-refractivity contribution in [3.8, 4) is 11.5 Å². The van der Waals surface area contributed by atoms with Gasteiger partial charge in [0.15, 0.2) is 17.3 Å². The Kier molecular flexibility index (Phi) is 6.40. The molecule has 4 nitrogen and oxygen atoms in total. The second-order valence-electron chi connectivity index (χ2n) is 6.63. The van der Waals surface area contributed by atoms with Gasteiger partial charge in [-0.1, -0.05) is 12.1 Å². The van der Waals surface area contributed by atoms with Gasteiger partial charge in [-0.15, -0.1) is 0 Å². The Morgan fingerprint density at radius 2 is 1.96 bits per heavy atom. The highest BCUT2D eigenvalue weighted by Crippen LogP contribution is 2.26. The van der Waals surface area contributed by atoms with Crippen molar-refractivity contribution in [3.05, 3.63) is 59.7 Å². The quantitative estimate of drug-likeness (QED) is 0.687. The minimum atomic E-state index is -0.668. The summed E-state index contributed by atoms with van der Waals surface area (Å²) in [7, 11) is 1.59. The number of hydrogen-bond donors (Lipinski definition) is 0. The van der Waals surface area contributed by atoms with E-state index in [4.69, 9.17) is 9.47 Å². The van der Waals surface area contributed by atoms with E-state index < -0.39 is 11.6 Å². The van der Waals surface area contributed by atoms with Crippen molar-refractivity contribution in [1.29, 1.82) is 0 Å². The van der Waals surface area contributed by atoms with Gasteiger partial charge in [-0.3, -0.25) is 9.69 Å². The Balaban J connectivity index is 1.56. The summed E-state index contributed by atoms with van der Waals surface area (Å²) in [5.41, 5.74) is -0.160. The second kappa shape index (κ2) is 8.95. The van der Waals surface area contributed by atoms with Crippen molar-refractivity contribution in [2.45, 2.75) is 12.8 Å². The molecule has 1 heterocycles. The van der Waals surface area contributed by atoms with Crippen LogP contribution in [0.5, 0.6) is 11.5 Å². The number of piperidine rings is 1. The fraction of sp³-hybridized carbons (Fsp3) is 0.381. The van der Waals surface area contributed by atoms with E-state index in [2.05, 4.69) is 4.90 Å². The Bertz CT molecular complexity index is 797. The first kappa shape index (κ1) is 19.3. The summed E-state index contributed by atoms with van der Waals surface area (Å²) in [5.74, 6) is -0.587. The normalized spacial score (nSPS) is 17.5. The van der Waals surface area contributed by atoms with Gasteiger partial charge in [0, 0.05) is 19.0 Å². The molecule has 0 spiro atoms. The molecule has 2 aromatic carbocycles. The van der Waals surface area contributed by atoms with Crippen molar-refractivity contribution in [2.75, 3.05) is 33.4 Å². The summed E-state index contributed by atoms with van der Waals surface area (Å²) in [5, 5.41) is 0. The number of carbonyl (C=O) groups excluding carboxylic acids is 1. The van der Waals surface area contributed by atoms with Crippen molar-refractivity contribution in [2.24, 2.45) is 5.92 Å². The lowest BCUT2D eigenvalue weighted by atomic mass is 9.89. The van der Waals surface area contributed by atoms with Crippen LogP contribution in [-0.2, 0) is 0 Å². The third-order valence-electron chi connectivity index (χ3n) is 4.80. The zero-order valence-electron chi connectivity index (χ0n) is 15.3. The van der Waals surface area contributed by atoms with Crippen LogP contribution in [0.3, 0.4) is 0 Å². The molecule has 0 bridgehead atoms. The summed E-state index contributed by atoms with van der Waals surface area (Å²) >= 11 is 0. The maximum Gasteiger partial charge on any atom is 0.170 e. The van der Waals surface area contributed by atoms with Crippen molar-refractivity contribution in [1.82, 2.24) is 4.90 Å². The van der Waals surface area contributed by atoms with Gasteiger partial charge in [0.2, 0.25) is 0 Å². The molecule has 0 amide bonds. The predicted molar refractivity (Wildman–Crippen MR) is 98.3 cm³/mol. The molecular weight excluding hydrogens is 352 g/mol. The van der Waals surface area contributed by atoms with Gasteiger partial charge in [0.1, 0.15) is 18.2 Å². The number of ketones is 1. The Hall–Kier alpha value is -2.47. The van der Waals surface area contributed by atoms with Crippen molar-refractivity contribution < 1.29 is 23.0 Å². The van der Waals surface area contributed by atoms with E-state index in [1.54, 1.807) is 7.11 Å². The molecule has 1 aliphatic heterocycles. The molecule has 0 aliphatic carbocycles. The zero-order chi connectivity index (χ0) is 19.2. The van der Waals surface area contributed by atoms with Crippen LogP contribution in [0.2, 0.25) is 0 Å². The lowest BCUT2D eigenvalue weighted by molar-refractivity contribution is 0.0795. The fourth-order valence-corrected chi connectivity index (χ4v) is 3.40. The molecule has 1 fully saturated rings. The molecule has 144 valence electrons. The predicted octanol–water partition coefficient (Wildman–Crippen LogP) is 3.95. The topological polar surface area (TPSA) is 38.8 Å². The standard InChI is InChI=1S/C21H23F2NO3/c1-26-19-6-2-3-7-20(19)27-12-11-24-10-4-5-15(14-24)21(25)17-13-16(22)8-9-18(17)23/h2-3,6-9,13,15H,4-5,10-12,14H2,1H3. The summed E-state index contributed by atoms with van der Waals surface area (Å²) < 4.78 is 38.3. The molecule has 2 aromatic rings. The smallest absolute Gasteiger partial charge is 0.170 e. The van der Waals surface area contributed by atoms with Gasteiger partial charge >= 0.3 is 0 Å². The highest BCUT2D eigenvalue weighted by molar-refractivity contribution is 5.98. The Morgan fingerprint density at radius 1 is 1.19 bits per heavy atom. The summed E-state index contributed by atoms with van der Waals surface area (Å²) in [4.78, 5) is 14.7. The van der Waals surface area contributed by atoms with Crippen LogP contribution in [0.25, 0.3) is 0 Å². The fourth-order valence-electron chi connectivity index (χ4n) is 3.40. The van der Waals surface area contributed by atoms with Crippen LogP contribution in [0.1, 0.15) is 23.2 Å². The number of carbonyl (C=O) groups is 1. The molecule has 1 unspecified atom stereocenters. The van der Waals surface area contributed by atoms with E-state index >= 15 is 0 Å². The first-order valence-electron chi connectivity index (χ1n) is 9.06. The third kappa shape index (κ3) is 4.83. The summed E-state index contributed by atoms with van der Waals surface area (Å²) in [6, 6.07) is 10.4. The van der Waals surface area contributed by atoms with Gasteiger partial charge in [0.25, 0.3) is 0 Å². The SMILES string of the molecule is COc1ccccc1OCCN1CCCC(C(=O)c2cc(F)ccc2F)C1. The largest absolute Gasteiger partial charge is 0.493 e. The van der Waals surface area contributed by atoms with E-state index in [1.807, 2.05) is 24.3 Å². The number of halogens is 2. The molecule has 0 N–H and O–H groups in total. The second-order valence-corrected chi connectivity index (χ2v) is 6.63. The summed E-state index contributed by atoms with van der Waals surface area (Å²) in [6.45, 7) is 2.47. The highest BCUT2D eigenvalue weighted by atomic mass is 19.1. The number of likely N-dealkylation sites (tertiary alicyclic amines) is 1. The van der Waals surface area contributed by atoms with Crippen molar-refractivity contribution >= 4 is 5.78 Å². The zero-order valence-corrected chi connectivity index (χ0v) is 15.3. The number of rotatable bonds is 7. The lowest BCUT2D eigenvalue weighted by Crippen LogP contribution is -2.40. The van der Waals surface area contributed by atoms with E-state index in [0.29, 0.717) is 37.6 Å². The summed E-state index contributed by atoms with van der Waals surface area (Å²) in [6.07, 6.45) is 1.51. The van der Waals surface area contributed by atoms with Crippen LogP contribution in [0.15, 0.2) is 42.5 Å². The number of nitrogens with zero attached hydrogens (tertiary/aromatic N) is 1. The molecule has 1 aliphatic rings. The number of benzene rings is 2. The van der Waals surface area contributed by atoms with Crippen LogP contribution in [0.4, 0.5) is 8.78 Å².